The third-order valence-corrected chi connectivity index (χ3v) is 5.14. The Morgan fingerprint density at radius 3 is 2.48 bits per heavy atom. The molecular weight excluding hydrogens is 411 g/mol. The second kappa shape index (κ2) is 8.89. The minimum atomic E-state index is -4.55. The number of rotatable bonds is 7. The smallest absolute Gasteiger partial charge is 0.303 e. The average molecular weight is 433 g/mol. The zero-order valence-corrected chi connectivity index (χ0v) is 17.0. The zero-order valence-electron chi connectivity index (χ0n) is 17.0. The van der Waals surface area contributed by atoms with Crippen LogP contribution in [0.25, 0.3) is 0 Å². The van der Waals surface area contributed by atoms with E-state index in [-0.39, 0.29) is 18.5 Å². The van der Waals surface area contributed by atoms with Gasteiger partial charge in [0.2, 0.25) is 11.8 Å². The minimum Gasteiger partial charge on any atom is -0.303 e. The molecule has 6 nitrogen and oxygen atoms in total. The van der Waals surface area contributed by atoms with E-state index in [1.54, 1.807) is 31.2 Å². The fraction of sp³-hybridized carbons (Fsp3) is 0.318. The molecule has 3 rings (SSSR count). The van der Waals surface area contributed by atoms with E-state index in [1.165, 1.54) is 11.0 Å². The second-order valence-electron chi connectivity index (χ2n) is 7.44. The molecule has 0 fully saturated rings. The number of hydrazine groups is 1. The van der Waals surface area contributed by atoms with E-state index in [1.807, 2.05) is 6.92 Å². The molecule has 2 aromatic rings. The van der Waals surface area contributed by atoms with Gasteiger partial charge >= 0.3 is 6.18 Å². The number of benzene rings is 2. The molecule has 2 unspecified atom stereocenters. The highest BCUT2D eigenvalue weighted by Gasteiger charge is 2.43. The van der Waals surface area contributed by atoms with Gasteiger partial charge in [-0.3, -0.25) is 19.9 Å². The van der Waals surface area contributed by atoms with Crippen molar-refractivity contribution in [3.63, 3.8) is 0 Å². The van der Waals surface area contributed by atoms with Crippen LogP contribution < -0.4 is 15.8 Å². The summed E-state index contributed by atoms with van der Waals surface area (Å²) in [4.78, 5) is 36.8. The maximum Gasteiger partial charge on any atom is 0.416 e. The van der Waals surface area contributed by atoms with Crippen molar-refractivity contribution < 1.29 is 27.6 Å². The van der Waals surface area contributed by atoms with Crippen LogP contribution in [0.5, 0.6) is 0 Å². The number of alkyl halides is 3. The Hall–Kier alpha value is -3.20. The van der Waals surface area contributed by atoms with Crippen molar-refractivity contribution in [2.75, 3.05) is 4.90 Å². The van der Waals surface area contributed by atoms with Crippen molar-refractivity contribution in [2.45, 2.75) is 44.8 Å². The van der Waals surface area contributed by atoms with Gasteiger partial charge in [0.25, 0.3) is 0 Å². The number of hydrogen-bond donors (Lipinski definition) is 2. The Morgan fingerprint density at radius 1 is 1.19 bits per heavy atom. The molecule has 0 radical (unpaired) electrons. The summed E-state index contributed by atoms with van der Waals surface area (Å²) in [7, 11) is 0. The molecule has 0 aromatic heterocycles. The first-order chi connectivity index (χ1) is 14.6. The molecule has 2 amide bonds. The predicted molar refractivity (Wildman–Crippen MR) is 109 cm³/mol. The van der Waals surface area contributed by atoms with E-state index >= 15 is 0 Å². The van der Waals surface area contributed by atoms with Crippen molar-refractivity contribution in [1.29, 1.82) is 0 Å². The highest BCUT2D eigenvalue weighted by molar-refractivity contribution is 6.10. The fourth-order valence-electron chi connectivity index (χ4n) is 3.54. The molecule has 1 aliphatic heterocycles. The monoisotopic (exact) mass is 433 g/mol. The number of amides is 2. The third kappa shape index (κ3) is 4.77. The molecule has 2 N–H and O–H groups in total. The van der Waals surface area contributed by atoms with Gasteiger partial charge in [0, 0.05) is 24.6 Å². The lowest BCUT2D eigenvalue weighted by atomic mass is 9.93. The van der Waals surface area contributed by atoms with E-state index < -0.39 is 35.5 Å². The van der Waals surface area contributed by atoms with Gasteiger partial charge in [0.1, 0.15) is 6.29 Å². The van der Waals surface area contributed by atoms with Crippen LogP contribution >= 0.6 is 0 Å². The van der Waals surface area contributed by atoms with Gasteiger partial charge in [0.15, 0.2) is 0 Å². The van der Waals surface area contributed by atoms with E-state index in [0.717, 1.165) is 17.7 Å². The van der Waals surface area contributed by atoms with Crippen LogP contribution in [0.2, 0.25) is 0 Å². The van der Waals surface area contributed by atoms with E-state index in [2.05, 4.69) is 10.9 Å². The van der Waals surface area contributed by atoms with Gasteiger partial charge in [-0.05, 0) is 43.7 Å². The van der Waals surface area contributed by atoms with Crippen LogP contribution in [0.3, 0.4) is 0 Å². The summed E-state index contributed by atoms with van der Waals surface area (Å²) in [5, 5.41) is 0. The first kappa shape index (κ1) is 22.5. The normalized spacial score (nSPS) is 16.7. The van der Waals surface area contributed by atoms with Crippen LogP contribution in [0.15, 0.2) is 42.5 Å². The van der Waals surface area contributed by atoms with Gasteiger partial charge < -0.3 is 4.79 Å². The number of nitrogens with zero attached hydrogens (tertiary/aromatic N) is 1. The minimum absolute atomic E-state index is 0.0111. The SMILES string of the molecule is Cc1ccc(N2C(=O)C(C(C)NNC(=O)CCC=O)c3ccc(C(F)(F)F)cc32)cc1. The number of hydrogen-bond acceptors (Lipinski definition) is 4. The Morgan fingerprint density at radius 2 is 1.87 bits per heavy atom. The Balaban J connectivity index is 1.95. The zero-order chi connectivity index (χ0) is 22.8. The fourth-order valence-corrected chi connectivity index (χ4v) is 3.54. The van der Waals surface area contributed by atoms with Gasteiger partial charge in [-0.25, -0.2) is 5.43 Å². The highest BCUT2D eigenvalue weighted by atomic mass is 19.4. The van der Waals surface area contributed by atoms with Gasteiger partial charge in [-0.2, -0.15) is 13.2 Å². The Bertz CT molecular complexity index is 990. The Labute approximate surface area is 177 Å². The van der Waals surface area contributed by atoms with Crippen LogP contribution in [-0.2, 0) is 20.6 Å². The van der Waals surface area contributed by atoms with Crippen LogP contribution in [0.4, 0.5) is 24.5 Å². The first-order valence-corrected chi connectivity index (χ1v) is 9.73. The van der Waals surface area contributed by atoms with Crippen molar-refractivity contribution in [1.82, 2.24) is 10.9 Å². The summed E-state index contributed by atoms with van der Waals surface area (Å²) >= 11 is 0. The van der Waals surface area contributed by atoms with E-state index in [0.29, 0.717) is 17.5 Å². The lowest BCUT2D eigenvalue weighted by Crippen LogP contribution is -2.47. The molecule has 31 heavy (non-hydrogen) atoms. The number of aryl methyl sites for hydroxylation is 1. The van der Waals surface area contributed by atoms with Crippen LogP contribution in [0, 0.1) is 6.92 Å². The summed E-state index contributed by atoms with van der Waals surface area (Å²) in [6.45, 7) is 3.52. The Kier molecular flexibility index (Phi) is 6.45. The summed E-state index contributed by atoms with van der Waals surface area (Å²) in [5.74, 6) is -1.64. The number of carbonyl (C=O) groups is 3. The first-order valence-electron chi connectivity index (χ1n) is 9.73. The summed E-state index contributed by atoms with van der Waals surface area (Å²) in [5.41, 5.74) is 6.34. The van der Waals surface area contributed by atoms with Crippen molar-refractivity contribution >= 4 is 29.5 Å². The highest BCUT2D eigenvalue weighted by Crippen LogP contribution is 2.45. The number of carbonyl (C=O) groups excluding carboxylic acids is 3. The quantitative estimate of drug-likeness (QED) is 0.515. The largest absolute Gasteiger partial charge is 0.416 e. The summed E-state index contributed by atoms with van der Waals surface area (Å²) < 4.78 is 39.9. The van der Waals surface area contributed by atoms with Crippen molar-refractivity contribution in [2.24, 2.45) is 0 Å². The molecule has 0 aliphatic carbocycles. The van der Waals surface area contributed by atoms with Crippen LogP contribution in [0.1, 0.15) is 42.4 Å². The average Bonchev–Trinajstić information content (AvgIpc) is 3.01. The van der Waals surface area contributed by atoms with Gasteiger partial charge in [0.05, 0.1) is 17.2 Å². The van der Waals surface area contributed by atoms with Crippen molar-refractivity contribution in [3.8, 4) is 0 Å². The van der Waals surface area contributed by atoms with E-state index in [9.17, 15) is 27.6 Å². The molecule has 0 saturated carbocycles. The third-order valence-electron chi connectivity index (χ3n) is 5.14. The number of aldehydes is 1. The second-order valence-corrected chi connectivity index (χ2v) is 7.44. The topological polar surface area (TPSA) is 78.5 Å². The van der Waals surface area contributed by atoms with Crippen molar-refractivity contribution in [3.05, 3.63) is 59.2 Å². The molecule has 164 valence electrons. The van der Waals surface area contributed by atoms with E-state index in [4.69, 9.17) is 0 Å². The number of nitrogens with one attached hydrogen (secondary N) is 2. The standard InChI is InChI=1S/C22H22F3N3O3/c1-13-5-8-16(9-6-13)28-18-12-15(22(23,24)25)7-10-17(18)20(21(28)31)14(2)26-27-19(30)4-3-11-29/h5-12,14,20,26H,3-4H2,1-2H3,(H,27,30). The summed E-state index contributed by atoms with van der Waals surface area (Å²) in [6, 6.07) is 9.53. The van der Waals surface area contributed by atoms with Gasteiger partial charge in [-0.1, -0.05) is 23.8 Å². The molecule has 9 heteroatoms. The van der Waals surface area contributed by atoms with Crippen LogP contribution in [-0.4, -0.2) is 24.1 Å². The molecule has 2 aromatic carbocycles. The molecular formula is C22H22F3N3O3. The number of anilines is 2. The number of halogens is 3. The molecule has 0 bridgehead atoms. The molecule has 2 atom stereocenters. The number of fused-ring (bicyclic) bond motifs is 1. The molecule has 0 saturated heterocycles. The molecule has 1 heterocycles. The lowest BCUT2D eigenvalue weighted by molar-refractivity contribution is -0.137. The molecule has 0 spiro atoms. The van der Waals surface area contributed by atoms with Gasteiger partial charge in [-0.15, -0.1) is 0 Å². The molecule has 1 aliphatic rings. The maximum absolute atomic E-state index is 13.3. The summed E-state index contributed by atoms with van der Waals surface area (Å²) in [6.07, 6.45) is -3.87. The maximum atomic E-state index is 13.3. The lowest BCUT2D eigenvalue weighted by Gasteiger charge is -2.22. The predicted octanol–water partition coefficient (Wildman–Crippen LogP) is 3.76.